The third-order valence-corrected chi connectivity index (χ3v) is 7.76. The molecule has 182 valence electrons. The molecule has 38 heavy (non-hydrogen) atoms. The van der Waals surface area contributed by atoms with Gasteiger partial charge in [-0.3, -0.25) is 0 Å². The molecule has 0 radical (unpaired) electrons. The summed E-state index contributed by atoms with van der Waals surface area (Å²) in [5.74, 6) is 0. The van der Waals surface area contributed by atoms with Gasteiger partial charge in [-0.25, -0.2) is 0 Å². The minimum Gasteiger partial charge on any atom is -0.344 e. The highest BCUT2D eigenvalue weighted by molar-refractivity contribution is 5.98. The van der Waals surface area contributed by atoms with Crippen molar-refractivity contribution in [1.29, 1.82) is 0 Å². The molecule has 0 saturated heterocycles. The van der Waals surface area contributed by atoms with E-state index in [1.165, 1.54) is 55.6 Å². The van der Waals surface area contributed by atoms with Crippen molar-refractivity contribution in [2.75, 3.05) is 0 Å². The van der Waals surface area contributed by atoms with Gasteiger partial charge in [-0.1, -0.05) is 158 Å². The van der Waals surface area contributed by atoms with E-state index >= 15 is 0 Å². The van der Waals surface area contributed by atoms with E-state index in [1.807, 2.05) is 0 Å². The average Bonchev–Trinajstić information content (AvgIpc) is 3.30. The van der Waals surface area contributed by atoms with Gasteiger partial charge in [-0.15, -0.1) is 0 Å². The molecule has 0 saturated carbocycles. The van der Waals surface area contributed by atoms with Crippen LogP contribution in [0.5, 0.6) is 0 Å². The van der Waals surface area contributed by atoms with E-state index in [-0.39, 0.29) is 6.15 Å². The number of fused-ring (bicyclic) bond motifs is 3. The second kappa shape index (κ2) is 9.63. The molecule has 0 spiro atoms. The lowest BCUT2D eigenvalue weighted by atomic mass is 9.65. The monoisotopic (exact) mass is 487 g/mol. The Balaban J connectivity index is 0.00000264. The maximum absolute atomic E-state index is 2.34. The zero-order valence-corrected chi connectivity index (χ0v) is 21.2. The maximum Gasteiger partial charge on any atom is 0.0719 e. The van der Waals surface area contributed by atoms with Crippen molar-refractivity contribution in [2.24, 2.45) is 0 Å². The van der Waals surface area contributed by atoms with E-state index in [4.69, 9.17) is 0 Å². The highest BCUT2D eigenvalue weighted by atomic mass is 14.5. The molecule has 0 bridgehead atoms. The molecule has 0 atom stereocenters. The van der Waals surface area contributed by atoms with Crippen molar-refractivity contribution in [3.8, 4) is 33.4 Å². The Kier molecular flexibility index (Phi) is 5.99. The largest absolute Gasteiger partial charge is 0.344 e. The summed E-state index contributed by atoms with van der Waals surface area (Å²) in [6.07, 6.45) is 0. The van der Waals surface area contributed by atoms with Crippen molar-refractivity contribution >= 4 is 0 Å². The summed E-state index contributed by atoms with van der Waals surface area (Å²) in [6, 6.07) is 57.4. The number of hydrogen-bond acceptors (Lipinski definition) is 1. The van der Waals surface area contributed by atoms with Crippen LogP contribution in [0.3, 0.4) is 0 Å². The molecule has 6 aromatic rings. The van der Waals surface area contributed by atoms with Crippen LogP contribution in [0.15, 0.2) is 158 Å². The second-order valence-corrected chi connectivity index (χ2v) is 9.67. The van der Waals surface area contributed by atoms with Crippen molar-refractivity contribution in [1.82, 2.24) is 6.15 Å². The summed E-state index contributed by atoms with van der Waals surface area (Å²) in [5.41, 5.74) is 12.5. The van der Waals surface area contributed by atoms with E-state index in [9.17, 15) is 0 Å². The zero-order valence-electron chi connectivity index (χ0n) is 21.2. The highest BCUT2D eigenvalue weighted by Crippen LogP contribution is 2.60. The van der Waals surface area contributed by atoms with Crippen LogP contribution in [0.1, 0.15) is 22.3 Å². The molecule has 1 aliphatic rings. The number of rotatable bonds is 4. The lowest BCUT2D eigenvalue weighted by Gasteiger charge is -2.36. The first kappa shape index (κ1) is 23.7. The molecule has 1 nitrogen and oxygen atoms in total. The normalized spacial score (nSPS) is 12.7. The molecule has 0 heterocycles. The van der Waals surface area contributed by atoms with Gasteiger partial charge in [0.05, 0.1) is 5.41 Å². The van der Waals surface area contributed by atoms with E-state index < -0.39 is 5.41 Å². The maximum atomic E-state index is 2.34. The third kappa shape index (κ3) is 3.44. The van der Waals surface area contributed by atoms with Crippen LogP contribution in [0.25, 0.3) is 33.4 Å². The van der Waals surface area contributed by atoms with Gasteiger partial charge in [0.15, 0.2) is 0 Å². The van der Waals surface area contributed by atoms with E-state index in [1.54, 1.807) is 0 Å². The first-order valence-electron chi connectivity index (χ1n) is 12.9. The van der Waals surface area contributed by atoms with Crippen molar-refractivity contribution < 1.29 is 0 Å². The van der Waals surface area contributed by atoms with Gasteiger partial charge in [0.1, 0.15) is 0 Å². The van der Waals surface area contributed by atoms with Crippen molar-refractivity contribution in [3.05, 3.63) is 180 Å². The average molecular weight is 488 g/mol. The lowest BCUT2D eigenvalue weighted by molar-refractivity contribution is 0.770. The predicted molar refractivity (Wildman–Crippen MR) is 160 cm³/mol. The summed E-state index contributed by atoms with van der Waals surface area (Å²) >= 11 is 0. The Morgan fingerprint density at radius 2 is 0.789 bits per heavy atom. The fourth-order valence-corrected chi connectivity index (χ4v) is 6.30. The second-order valence-electron chi connectivity index (χ2n) is 9.67. The van der Waals surface area contributed by atoms with Crippen LogP contribution in [0.4, 0.5) is 0 Å². The van der Waals surface area contributed by atoms with Gasteiger partial charge in [-0.2, -0.15) is 0 Å². The van der Waals surface area contributed by atoms with Gasteiger partial charge in [0, 0.05) is 0 Å². The Labute approximate surface area is 224 Å². The number of benzene rings is 6. The van der Waals surface area contributed by atoms with Gasteiger partial charge in [0.25, 0.3) is 0 Å². The SMILES string of the molecule is N.c1ccc(-c2ccc3c(c2-c2ccccc2)C(c2ccccc2)(c2ccccc2)c2ccccc2-3)cc1. The van der Waals surface area contributed by atoms with Crippen LogP contribution in [0.2, 0.25) is 0 Å². The predicted octanol–water partition coefficient (Wildman–Crippen LogP) is 9.55. The quantitative estimate of drug-likeness (QED) is 0.263. The smallest absolute Gasteiger partial charge is 0.0719 e. The summed E-state index contributed by atoms with van der Waals surface area (Å²) in [4.78, 5) is 0. The molecule has 1 aliphatic carbocycles. The molecule has 0 aromatic heterocycles. The molecular formula is C37H29N. The van der Waals surface area contributed by atoms with E-state index in [0.717, 1.165) is 0 Å². The molecular weight excluding hydrogens is 458 g/mol. The van der Waals surface area contributed by atoms with Gasteiger partial charge in [0.2, 0.25) is 0 Å². The molecule has 1 heteroatoms. The molecule has 6 aromatic carbocycles. The highest BCUT2D eigenvalue weighted by Gasteiger charge is 2.48. The van der Waals surface area contributed by atoms with Crippen LogP contribution in [0, 0.1) is 0 Å². The minimum absolute atomic E-state index is 0. The molecule has 3 N–H and O–H groups in total. The van der Waals surface area contributed by atoms with Crippen molar-refractivity contribution in [3.63, 3.8) is 0 Å². The van der Waals surface area contributed by atoms with Gasteiger partial charge >= 0.3 is 0 Å². The Morgan fingerprint density at radius 3 is 1.37 bits per heavy atom. The van der Waals surface area contributed by atoms with Crippen LogP contribution in [-0.2, 0) is 5.41 Å². The molecule has 0 aliphatic heterocycles. The Bertz CT molecular complexity index is 1650. The molecule has 0 unspecified atom stereocenters. The first-order valence-corrected chi connectivity index (χ1v) is 12.9. The number of hydrogen-bond donors (Lipinski definition) is 1. The van der Waals surface area contributed by atoms with Crippen molar-refractivity contribution in [2.45, 2.75) is 5.41 Å². The molecule has 7 rings (SSSR count). The molecule has 0 amide bonds. The molecule has 0 fully saturated rings. The van der Waals surface area contributed by atoms with E-state index in [0.29, 0.717) is 0 Å². The van der Waals surface area contributed by atoms with Crippen LogP contribution >= 0.6 is 0 Å². The Morgan fingerprint density at radius 1 is 0.342 bits per heavy atom. The topological polar surface area (TPSA) is 35.0 Å². The summed E-state index contributed by atoms with van der Waals surface area (Å²) in [6.45, 7) is 0. The fraction of sp³-hybridized carbons (Fsp3) is 0.0270. The summed E-state index contributed by atoms with van der Waals surface area (Å²) in [7, 11) is 0. The zero-order chi connectivity index (χ0) is 24.7. The summed E-state index contributed by atoms with van der Waals surface area (Å²) in [5, 5.41) is 0. The van der Waals surface area contributed by atoms with Gasteiger partial charge < -0.3 is 6.15 Å². The standard InChI is InChI=1S/C37H26.H3N/c1-5-15-27(16-6-1)31-25-26-33-32-23-13-14-24-34(32)37(29-19-9-3-10-20-29,30-21-11-4-12-22-30)36(33)35(31)28-17-7-2-8-18-28;/h1-26H;1H3. The van der Waals surface area contributed by atoms with Crippen LogP contribution in [-0.4, -0.2) is 0 Å². The van der Waals surface area contributed by atoms with Gasteiger partial charge in [-0.05, 0) is 55.6 Å². The van der Waals surface area contributed by atoms with Crippen LogP contribution < -0.4 is 6.15 Å². The third-order valence-electron chi connectivity index (χ3n) is 7.76. The summed E-state index contributed by atoms with van der Waals surface area (Å²) < 4.78 is 0. The Hall–Kier alpha value is -4.72. The first-order chi connectivity index (χ1) is 18.4. The fourth-order valence-electron chi connectivity index (χ4n) is 6.30. The minimum atomic E-state index is -0.440. The van der Waals surface area contributed by atoms with E-state index in [2.05, 4.69) is 158 Å². The lowest BCUT2D eigenvalue weighted by Crippen LogP contribution is -2.29.